The molecule has 3 rings (SSSR count). The molecule has 0 spiro atoms. The summed E-state index contributed by atoms with van der Waals surface area (Å²) in [5.74, 6) is -0.730. The third-order valence-corrected chi connectivity index (χ3v) is 6.01. The molecule has 0 aromatic heterocycles. The Labute approximate surface area is 128 Å². The molecule has 1 N–H and O–H groups in total. The van der Waals surface area contributed by atoms with Gasteiger partial charge in [0.25, 0.3) is 0 Å². The molecular weight excluding hydrogens is 308 g/mol. The summed E-state index contributed by atoms with van der Waals surface area (Å²) in [6.07, 6.45) is 0.157. The van der Waals surface area contributed by atoms with Crippen molar-refractivity contribution in [2.45, 2.75) is 30.7 Å². The number of benzene rings is 1. The summed E-state index contributed by atoms with van der Waals surface area (Å²) in [4.78, 5) is 23.3. The highest BCUT2D eigenvalue weighted by molar-refractivity contribution is 7.89. The average Bonchev–Trinajstić information content (AvgIpc) is 2.80. The maximum absolute atomic E-state index is 12.8. The van der Waals surface area contributed by atoms with Crippen LogP contribution in [0.4, 0.5) is 5.69 Å². The second kappa shape index (κ2) is 4.79. The van der Waals surface area contributed by atoms with E-state index in [0.29, 0.717) is 11.3 Å². The highest BCUT2D eigenvalue weighted by Crippen LogP contribution is 2.31. The molecule has 0 bridgehead atoms. The molecule has 1 amide bonds. The van der Waals surface area contributed by atoms with E-state index in [0.717, 1.165) is 4.31 Å². The van der Waals surface area contributed by atoms with Gasteiger partial charge in [-0.2, -0.15) is 4.31 Å². The molecule has 1 saturated heterocycles. The van der Waals surface area contributed by atoms with Crippen LogP contribution in [0.1, 0.15) is 19.4 Å². The van der Waals surface area contributed by atoms with Crippen LogP contribution in [0.25, 0.3) is 0 Å². The van der Waals surface area contributed by atoms with E-state index < -0.39 is 21.5 Å². The fourth-order valence-corrected chi connectivity index (χ4v) is 4.47. The standard InChI is InChI=1S/C14H16N2O5S/c1-14(2)13(18)21-6-5-16(14)22(19,20)10-3-4-11-9(7-10)8-12(17)15-11/h3-4,7H,5-6,8H2,1-2H3,(H,15,17). The van der Waals surface area contributed by atoms with E-state index in [4.69, 9.17) is 4.74 Å². The summed E-state index contributed by atoms with van der Waals surface area (Å²) in [7, 11) is -3.85. The van der Waals surface area contributed by atoms with Crippen LogP contribution in [-0.4, -0.2) is 43.3 Å². The molecule has 1 fully saturated rings. The second-order valence-corrected chi connectivity index (χ2v) is 7.68. The lowest BCUT2D eigenvalue weighted by molar-refractivity contribution is -0.160. The number of anilines is 1. The van der Waals surface area contributed by atoms with Gasteiger partial charge in [0.15, 0.2) is 0 Å². The number of hydrogen-bond donors (Lipinski definition) is 1. The molecule has 2 aliphatic rings. The van der Waals surface area contributed by atoms with Gasteiger partial charge < -0.3 is 10.1 Å². The number of hydrogen-bond acceptors (Lipinski definition) is 5. The number of nitrogens with one attached hydrogen (secondary N) is 1. The van der Waals surface area contributed by atoms with Gasteiger partial charge in [-0.25, -0.2) is 8.42 Å². The number of cyclic esters (lactones) is 1. The van der Waals surface area contributed by atoms with E-state index >= 15 is 0 Å². The monoisotopic (exact) mass is 324 g/mol. The van der Waals surface area contributed by atoms with Crippen LogP contribution in [-0.2, 0) is 30.8 Å². The zero-order valence-electron chi connectivity index (χ0n) is 12.3. The summed E-state index contributed by atoms with van der Waals surface area (Å²) in [5.41, 5.74) is 0.00851. The van der Waals surface area contributed by atoms with Crippen molar-refractivity contribution in [2.24, 2.45) is 0 Å². The van der Waals surface area contributed by atoms with Crippen molar-refractivity contribution in [3.63, 3.8) is 0 Å². The molecule has 1 aromatic rings. The molecule has 0 unspecified atom stereocenters. The molecule has 2 aliphatic heterocycles. The minimum Gasteiger partial charge on any atom is -0.463 e. The third kappa shape index (κ3) is 2.19. The smallest absolute Gasteiger partial charge is 0.327 e. The summed E-state index contributed by atoms with van der Waals surface area (Å²) < 4.78 is 31.8. The maximum Gasteiger partial charge on any atom is 0.327 e. The Bertz CT molecular complexity index is 769. The molecule has 7 nitrogen and oxygen atoms in total. The quantitative estimate of drug-likeness (QED) is 0.800. The second-order valence-electron chi connectivity index (χ2n) is 5.82. The predicted octanol–water partition coefficient (Wildman–Crippen LogP) is 0.507. The normalized spacial score (nSPS) is 21.2. The number of morpholine rings is 1. The Kier molecular flexibility index (Phi) is 3.26. The van der Waals surface area contributed by atoms with Crippen LogP contribution in [0.5, 0.6) is 0 Å². The highest BCUT2D eigenvalue weighted by atomic mass is 32.2. The largest absolute Gasteiger partial charge is 0.463 e. The Morgan fingerprint density at radius 1 is 1.27 bits per heavy atom. The van der Waals surface area contributed by atoms with Crippen molar-refractivity contribution in [3.05, 3.63) is 23.8 Å². The minimum absolute atomic E-state index is 0.0342. The van der Waals surface area contributed by atoms with Crippen molar-refractivity contribution < 1.29 is 22.7 Å². The number of rotatable bonds is 2. The number of carbonyl (C=O) groups excluding carboxylic acids is 2. The third-order valence-electron chi connectivity index (χ3n) is 3.94. The van der Waals surface area contributed by atoms with Gasteiger partial charge in [-0.1, -0.05) is 0 Å². The molecule has 118 valence electrons. The number of esters is 1. The van der Waals surface area contributed by atoms with Crippen LogP contribution < -0.4 is 5.32 Å². The molecular formula is C14H16N2O5S. The van der Waals surface area contributed by atoms with Crippen LogP contribution in [0.15, 0.2) is 23.1 Å². The first-order chi connectivity index (χ1) is 10.2. The Hall–Kier alpha value is -1.93. The highest BCUT2D eigenvalue weighted by Gasteiger charge is 2.46. The molecule has 0 aliphatic carbocycles. The fourth-order valence-electron chi connectivity index (χ4n) is 2.69. The van der Waals surface area contributed by atoms with Gasteiger partial charge in [-0.05, 0) is 37.6 Å². The number of ether oxygens (including phenoxy) is 1. The molecule has 1 aromatic carbocycles. The molecule has 8 heteroatoms. The van der Waals surface area contributed by atoms with Crippen molar-refractivity contribution in [1.82, 2.24) is 4.31 Å². The summed E-state index contributed by atoms with van der Waals surface area (Å²) in [5, 5.41) is 2.66. The Morgan fingerprint density at radius 3 is 2.73 bits per heavy atom. The zero-order valence-corrected chi connectivity index (χ0v) is 13.1. The first-order valence-electron chi connectivity index (χ1n) is 6.86. The SMILES string of the molecule is CC1(C)C(=O)OCCN1S(=O)(=O)c1ccc2c(c1)CC(=O)N2. The number of nitrogens with zero attached hydrogens (tertiary/aromatic N) is 1. The number of carbonyl (C=O) groups is 2. The molecule has 22 heavy (non-hydrogen) atoms. The van der Waals surface area contributed by atoms with Crippen LogP contribution in [0.3, 0.4) is 0 Å². The van der Waals surface area contributed by atoms with Crippen molar-refractivity contribution >= 4 is 27.6 Å². The van der Waals surface area contributed by atoms with E-state index in [-0.39, 0.29) is 30.4 Å². The molecule has 2 heterocycles. The summed E-state index contributed by atoms with van der Waals surface area (Å²) in [6.45, 7) is 3.18. The van der Waals surface area contributed by atoms with Gasteiger partial charge in [0.2, 0.25) is 15.9 Å². The van der Waals surface area contributed by atoms with Gasteiger partial charge in [0.1, 0.15) is 12.1 Å². The van der Waals surface area contributed by atoms with Gasteiger partial charge >= 0.3 is 5.97 Å². The topological polar surface area (TPSA) is 92.8 Å². The van der Waals surface area contributed by atoms with Crippen LogP contribution in [0.2, 0.25) is 0 Å². The van der Waals surface area contributed by atoms with Gasteiger partial charge in [-0.15, -0.1) is 0 Å². The summed E-state index contributed by atoms with van der Waals surface area (Å²) >= 11 is 0. The van der Waals surface area contributed by atoms with Crippen LogP contribution in [0, 0.1) is 0 Å². The lowest BCUT2D eigenvalue weighted by atomic mass is 10.1. The Balaban J connectivity index is 2.02. The summed E-state index contributed by atoms with van der Waals surface area (Å²) in [6, 6.07) is 4.50. The lowest BCUT2D eigenvalue weighted by Crippen LogP contribution is -2.58. The van der Waals surface area contributed by atoms with E-state index in [1.54, 1.807) is 6.07 Å². The van der Waals surface area contributed by atoms with Gasteiger partial charge in [0.05, 0.1) is 11.3 Å². The van der Waals surface area contributed by atoms with E-state index in [2.05, 4.69) is 5.32 Å². The average molecular weight is 324 g/mol. The van der Waals surface area contributed by atoms with E-state index in [9.17, 15) is 18.0 Å². The predicted molar refractivity (Wildman–Crippen MR) is 77.7 cm³/mol. The maximum atomic E-state index is 12.8. The first-order valence-corrected chi connectivity index (χ1v) is 8.30. The van der Waals surface area contributed by atoms with Crippen molar-refractivity contribution in [3.8, 4) is 0 Å². The first kappa shape index (κ1) is 15.0. The van der Waals surface area contributed by atoms with Crippen LogP contribution >= 0.6 is 0 Å². The molecule has 0 radical (unpaired) electrons. The Morgan fingerprint density at radius 2 is 2.00 bits per heavy atom. The molecule has 0 saturated carbocycles. The van der Waals surface area contributed by atoms with Gasteiger partial charge in [0, 0.05) is 12.2 Å². The number of fused-ring (bicyclic) bond motifs is 1. The van der Waals surface area contributed by atoms with Crippen molar-refractivity contribution in [1.29, 1.82) is 0 Å². The minimum atomic E-state index is -3.85. The number of sulfonamides is 1. The fraction of sp³-hybridized carbons (Fsp3) is 0.429. The molecule has 0 atom stereocenters. The van der Waals surface area contributed by atoms with E-state index in [1.807, 2.05) is 0 Å². The lowest BCUT2D eigenvalue weighted by Gasteiger charge is -2.38. The van der Waals surface area contributed by atoms with E-state index in [1.165, 1.54) is 26.0 Å². The van der Waals surface area contributed by atoms with Crippen molar-refractivity contribution in [2.75, 3.05) is 18.5 Å². The number of amides is 1. The zero-order chi connectivity index (χ0) is 16.1. The van der Waals surface area contributed by atoms with Gasteiger partial charge in [-0.3, -0.25) is 9.59 Å².